The van der Waals surface area contributed by atoms with E-state index in [2.05, 4.69) is 111 Å². The lowest BCUT2D eigenvalue weighted by Gasteiger charge is -2.33. The molecule has 0 radical (unpaired) electrons. The lowest BCUT2D eigenvalue weighted by atomic mass is 9.71. The molecule has 0 aliphatic rings. The first-order chi connectivity index (χ1) is 19.8. The molecule has 0 N–H and O–H groups in total. The van der Waals surface area contributed by atoms with Gasteiger partial charge in [-0.15, -0.1) is 0 Å². The Labute approximate surface area is 242 Å². The largest absolute Gasteiger partial charge is 0.497 e. The average molecular weight is 542 g/mol. The van der Waals surface area contributed by atoms with E-state index in [1.807, 2.05) is 36.4 Å². The van der Waals surface area contributed by atoms with Gasteiger partial charge in [0.15, 0.2) is 0 Å². The van der Waals surface area contributed by atoms with E-state index in [1.54, 1.807) is 7.11 Å². The summed E-state index contributed by atoms with van der Waals surface area (Å²) in [4.78, 5) is 13.8. The molecule has 0 saturated carbocycles. The molecule has 0 bridgehead atoms. The van der Waals surface area contributed by atoms with E-state index in [0.717, 1.165) is 39.5 Å². The van der Waals surface area contributed by atoms with Crippen molar-refractivity contribution in [3.05, 3.63) is 149 Å². The van der Waals surface area contributed by atoms with Crippen LogP contribution in [0.2, 0.25) is 0 Å². The third-order valence-electron chi connectivity index (χ3n) is 7.65. The van der Waals surface area contributed by atoms with E-state index in [4.69, 9.17) is 9.47 Å². The zero-order valence-corrected chi connectivity index (χ0v) is 24.2. The number of esters is 1. The van der Waals surface area contributed by atoms with E-state index in [9.17, 15) is 4.79 Å². The van der Waals surface area contributed by atoms with E-state index in [1.165, 1.54) is 18.1 Å². The molecule has 4 nitrogen and oxygen atoms in total. The molecule has 0 aliphatic heterocycles. The number of carbonyl (C=O) groups excluding carboxylic acids is 1. The normalized spacial score (nSPS) is 12.3. The summed E-state index contributed by atoms with van der Waals surface area (Å²) < 4.78 is 10.7. The van der Waals surface area contributed by atoms with Crippen molar-refractivity contribution in [2.45, 2.75) is 33.1 Å². The van der Waals surface area contributed by atoms with Crippen LogP contribution in [-0.2, 0) is 10.2 Å². The van der Waals surface area contributed by atoms with Gasteiger partial charge in [-0.3, -0.25) is 4.79 Å². The van der Waals surface area contributed by atoms with Crippen LogP contribution >= 0.6 is 0 Å². The summed E-state index contributed by atoms with van der Waals surface area (Å²) >= 11 is 0. The van der Waals surface area contributed by atoms with Crippen molar-refractivity contribution in [1.29, 1.82) is 0 Å². The van der Waals surface area contributed by atoms with Gasteiger partial charge < -0.3 is 14.4 Å². The summed E-state index contributed by atoms with van der Waals surface area (Å²) in [7, 11) is 1.68. The van der Waals surface area contributed by atoms with E-state index in [-0.39, 0.29) is 5.97 Å². The predicted molar refractivity (Wildman–Crippen MR) is 167 cm³/mol. The molecule has 0 aromatic heterocycles. The van der Waals surface area contributed by atoms with Crippen molar-refractivity contribution in [3.63, 3.8) is 0 Å². The Morgan fingerprint density at radius 3 is 1.27 bits per heavy atom. The summed E-state index contributed by atoms with van der Waals surface area (Å²) in [6, 6.07) is 42.0. The molecule has 0 heterocycles. The molecule has 0 saturated heterocycles. The number of nitrogens with zero attached hydrogens (tertiary/aromatic N) is 1. The molecular formula is C37H35NO3. The maximum Gasteiger partial charge on any atom is 0.308 e. The average Bonchev–Trinajstić information content (AvgIpc) is 2.99. The minimum atomic E-state index is -0.474. The van der Waals surface area contributed by atoms with Crippen LogP contribution in [0, 0.1) is 13.8 Å². The maximum atomic E-state index is 11.5. The number of ether oxygens (including phenoxy) is 2. The van der Waals surface area contributed by atoms with Gasteiger partial charge in [-0.05, 0) is 98.1 Å². The smallest absolute Gasteiger partial charge is 0.308 e. The fourth-order valence-electron chi connectivity index (χ4n) is 5.23. The fourth-order valence-corrected chi connectivity index (χ4v) is 5.23. The third kappa shape index (κ3) is 5.87. The number of methoxy groups -OCH3 is 1. The first-order valence-electron chi connectivity index (χ1n) is 13.8. The Bertz CT molecular complexity index is 1560. The number of hydrogen-bond acceptors (Lipinski definition) is 4. The van der Waals surface area contributed by atoms with Gasteiger partial charge in [0.25, 0.3) is 0 Å². The van der Waals surface area contributed by atoms with Crippen molar-refractivity contribution < 1.29 is 14.3 Å². The van der Waals surface area contributed by atoms with Crippen LogP contribution in [0.15, 0.2) is 121 Å². The number of hydrogen-bond donors (Lipinski definition) is 0. The van der Waals surface area contributed by atoms with Crippen molar-refractivity contribution in [1.82, 2.24) is 0 Å². The zero-order chi connectivity index (χ0) is 29.0. The van der Waals surface area contributed by atoms with Gasteiger partial charge in [-0.25, -0.2) is 0 Å². The molecule has 41 heavy (non-hydrogen) atoms. The third-order valence-corrected chi connectivity index (χ3v) is 7.65. The molecule has 0 spiro atoms. The first kappa shape index (κ1) is 27.7. The van der Waals surface area contributed by atoms with Crippen LogP contribution in [0.25, 0.3) is 0 Å². The summed E-state index contributed by atoms with van der Waals surface area (Å²) in [5.41, 5.74) is 8.60. The van der Waals surface area contributed by atoms with Crippen molar-refractivity contribution in [2.24, 2.45) is 0 Å². The number of benzene rings is 5. The standard InChI is InChI=1S/C37H35NO3/c1-26-6-16-32(17-7-26)38(33-18-8-27(2)9-19-33)34-20-10-29(11-21-34)37(4,30-12-22-35(40-5)23-13-30)31-14-24-36(25-15-31)41-28(3)39/h6-25H,1-5H3. The van der Waals surface area contributed by atoms with Gasteiger partial charge in [0.1, 0.15) is 11.5 Å². The van der Waals surface area contributed by atoms with Gasteiger partial charge >= 0.3 is 5.97 Å². The quantitative estimate of drug-likeness (QED) is 0.112. The monoisotopic (exact) mass is 541 g/mol. The van der Waals surface area contributed by atoms with Crippen molar-refractivity contribution in [2.75, 3.05) is 12.0 Å². The number of aryl methyl sites for hydroxylation is 2. The Morgan fingerprint density at radius 1 is 0.561 bits per heavy atom. The van der Waals surface area contributed by atoms with E-state index in [0.29, 0.717) is 5.75 Å². The molecular weight excluding hydrogens is 506 g/mol. The number of carbonyl (C=O) groups is 1. The Hall–Kier alpha value is -4.83. The lowest BCUT2D eigenvalue weighted by molar-refractivity contribution is -0.131. The Morgan fingerprint density at radius 2 is 0.902 bits per heavy atom. The van der Waals surface area contributed by atoms with E-state index < -0.39 is 5.41 Å². The minimum Gasteiger partial charge on any atom is -0.497 e. The highest BCUT2D eigenvalue weighted by atomic mass is 16.5. The molecule has 0 fully saturated rings. The van der Waals surface area contributed by atoms with Crippen LogP contribution in [0.3, 0.4) is 0 Å². The maximum absolute atomic E-state index is 11.5. The second-order valence-corrected chi connectivity index (χ2v) is 10.5. The highest BCUT2D eigenvalue weighted by molar-refractivity contribution is 5.77. The topological polar surface area (TPSA) is 38.8 Å². The SMILES string of the molecule is COc1ccc(C(C)(c2ccc(OC(C)=O)cc2)c2ccc(N(c3ccc(C)cc3)c3ccc(C)cc3)cc2)cc1. The van der Waals surface area contributed by atoms with Gasteiger partial charge in [-0.2, -0.15) is 0 Å². The minimum absolute atomic E-state index is 0.335. The molecule has 206 valence electrons. The van der Waals surface area contributed by atoms with E-state index >= 15 is 0 Å². The molecule has 0 aliphatic carbocycles. The summed E-state index contributed by atoms with van der Waals surface area (Å²) in [6.07, 6.45) is 0. The number of rotatable bonds is 8. The second-order valence-electron chi connectivity index (χ2n) is 10.5. The Kier molecular flexibility index (Phi) is 7.93. The highest BCUT2D eigenvalue weighted by Gasteiger charge is 2.31. The van der Waals surface area contributed by atoms with Gasteiger partial charge in [0, 0.05) is 29.4 Å². The fraction of sp³-hybridized carbons (Fsp3) is 0.162. The molecule has 5 aromatic carbocycles. The Balaban J connectivity index is 1.60. The van der Waals surface area contributed by atoms with Crippen LogP contribution < -0.4 is 14.4 Å². The molecule has 1 unspecified atom stereocenters. The first-order valence-corrected chi connectivity index (χ1v) is 13.8. The predicted octanol–water partition coefficient (Wildman–Crippen LogP) is 9.06. The van der Waals surface area contributed by atoms with Crippen molar-refractivity contribution >= 4 is 23.0 Å². The number of anilines is 3. The summed E-state index contributed by atoms with van der Waals surface area (Å²) in [6.45, 7) is 7.84. The van der Waals surface area contributed by atoms with Crippen LogP contribution in [-0.4, -0.2) is 13.1 Å². The van der Waals surface area contributed by atoms with Crippen LogP contribution in [0.1, 0.15) is 41.7 Å². The second kappa shape index (κ2) is 11.7. The molecule has 0 amide bonds. The van der Waals surface area contributed by atoms with Gasteiger partial charge in [0.05, 0.1) is 7.11 Å². The van der Waals surface area contributed by atoms with Crippen molar-refractivity contribution in [3.8, 4) is 11.5 Å². The molecule has 5 rings (SSSR count). The molecule has 4 heteroatoms. The van der Waals surface area contributed by atoms with Gasteiger partial charge in [-0.1, -0.05) is 71.8 Å². The van der Waals surface area contributed by atoms with Crippen LogP contribution in [0.5, 0.6) is 11.5 Å². The lowest BCUT2D eigenvalue weighted by Crippen LogP contribution is -2.25. The van der Waals surface area contributed by atoms with Gasteiger partial charge in [0.2, 0.25) is 0 Å². The molecule has 1 atom stereocenters. The van der Waals surface area contributed by atoms with Crippen LogP contribution in [0.4, 0.5) is 17.1 Å². The zero-order valence-electron chi connectivity index (χ0n) is 24.2. The summed E-state index contributed by atoms with van der Waals surface area (Å²) in [5.74, 6) is 1.00. The molecule has 5 aromatic rings. The summed E-state index contributed by atoms with van der Waals surface area (Å²) in [5, 5.41) is 0. The highest BCUT2D eigenvalue weighted by Crippen LogP contribution is 2.42.